The summed E-state index contributed by atoms with van der Waals surface area (Å²) in [6.07, 6.45) is 5.06. The Labute approximate surface area is 99.2 Å². The zero-order chi connectivity index (χ0) is 12.1. The van der Waals surface area contributed by atoms with E-state index in [2.05, 4.69) is 24.2 Å². The van der Waals surface area contributed by atoms with E-state index in [9.17, 15) is 0 Å². The minimum atomic E-state index is 0.626. The van der Waals surface area contributed by atoms with Crippen molar-refractivity contribution in [2.24, 2.45) is 13.0 Å². The van der Waals surface area contributed by atoms with Crippen LogP contribution in [0.5, 0.6) is 0 Å². The molecule has 3 heteroatoms. The van der Waals surface area contributed by atoms with Crippen molar-refractivity contribution in [3.05, 3.63) is 11.4 Å². The topological polar surface area (TPSA) is 30.7 Å². The van der Waals surface area contributed by atoms with Gasteiger partial charge in [-0.15, -0.1) is 5.10 Å². The Morgan fingerprint density at radius 2 is 1.94 bits per heavy atom. The molecule has 16 heavy (non-hydrogen) atoms. The fraction of sp³-hybridized carbons (Fsp3) is 0.846. The van der Waals surface area contributed by atoms with Crippen molar-refractivity contribution in [1.82, 2.24) is 15.0 Å². The van der Waals surface area contributed by atoms with Gasteiger partial charge in [-0.3, -0.25) is 4.68 Å². The molecule has 0 bridgehead atoms. The van der Waals surface area contributed by atoms with Crippen LogP contribution in [0.4, 0.5) is 0 Å². The lowest BCUT2D eigenvalue weighted by Crippen LogP contribution is -2.08. The van der Waals surface area contributed by atoms with E-state index >= 15 is 0 Å². The number of rotatable bonds is 1. The van der Waals surface area contributed by atoms with E-state index in [0.717, 1.165) is 6.42 Å². The van der Waals surface area contributed by atoms with Gasteiger partial charge in [0.15, 0.2) is 0 Å². The van der Waals surface area contributed by atoms with Crippen LogP contribution in [0.25, 0.3) is 0 Å². The third kappa shape index (κ3) is 2.63. The average Bonchev–Trinajstić information content (AvgIpc) is 2.54. The SMILES string of the molecule is CC.CC(C)C1CCCCc2c1nnn2C. The molecular weight excluding hydrogens is 198 g/mol. The predicted octanol–water partition coefficient (Wildman–Crippen LogP) is 3.31. The van der Waals surface area contributed by atoms with Crippen LogP contribution in [0.15, 0.2) is 0 Å². The number of fused-ring (bicyclic) bond motifs is 1. The van der Waals surface area contributed by atoms with Crippen molar-refractivity contribution >= 4 is 0 Å². The molecule has 0 saturated heterocycles. The summed E-state index contributed by atoms with van der Waals surface area (Å²) in [4.78, 5) is 0. The maximum Gasteiger partial charge on any atom is 0.0892 e. The lowest BCUT2D eigenvalue weighted by atomic mass is 9.89. The van der Waals surface area contributed by atoms with Crippen LogP contribution in [0.1, 0.15) is 64.3 Å². The lowest BCUT2D eigenvalue weighted by Gasteiger charge is -2.16. The summed E-state index contributed by atoms with van der Waals surface area (Å²) in [5.41, 5.74) is 2.63. The molecule has 2 rings (SSSR count). The zero-order valence-corrected chi connectivity index (χ0v) is 11.3. The fourth-order valence-corrected chi connectivity index (χ4v) is 2.41. The first-order valence-electron chi connectivity index (χ1n) is 6.58. The fourth-order valence-electron chi connectivity index (χ4n) is 2.41. The first-order chi connectivity index (χ1) is 7.70. The first kappa shape index (κ1) is 13.2. The van der Waals surface area contributed by atoms with Crippen LogP contribution >= 0.6 is 0 Å². The van der Waals surface area contributed by atoms with E-state index in [1.54, 1.807) is 0 Å². The Bertz CT molecular complexity index is 315. The molecule has 1 aromatic heterocycles. The smallest absolute Gasteiger partial charge is 0.0892 e. The summed E-state index contributed by atoms with van der Waals surface area (Å²) in [5, 5.41) is 8.47. The summed E-state index contributed by atoms with van der Waals surface area (Å²) in [6.45, 7) is 8.57. The van der Waals surface area contributed by atoms with Gasteiger partial charge in [0, 0.05) is 13.0 Å². The van der Waals surface area contributed by atoms with Gasteiger partial charge in [-0.2, -0.15) is 0 Å². The van der Waals surface area contributed by atoms with Gasteiger partial charge in [-0.25, -0.2) is 0 Å². The van der Waals surface area contributed by atoms with Gasteiger partial charge < -0.3 is 0 Å². The highest BCUT2D eigenvalue weighted by atomic mass is 15.4. The molecule has 1 aliphatic rings. The molecule has 1 atom stereocenters. The Kier molecular flexibility index (Phi) is 4.97. The van der Waals surface area contributed by atoms with Crippen molar-refractivity contribution in [1.29, 1.82) is 0 Å². The maximum atomic E-state index is 4.33. The van der Waals surface area contributed by atoms with Gasteiger partial charge in [-0.05, 0) is 25.2 Å². The third-order valence-electron chi connectivity index (χ3n) is 3.31. The highest BCUT2D eigenvalue weighted by molar-refractivity contribution is 5.17. The number of hydrogen-bond acceptors (Lipinski definition) is 2. The molecule has 0 aliphatic heterocycles. The normalized spacial score (nSPS) is 19.8. The zero-order valence-electron chi connectivity index (χ0n) is 11.3. The highest BCUT2D eigenvalue weighted by Gasteiger charge is 2.25. The molecule has 0 saturated carbocycles. The minimum absolute atomic E-state index is 0.626. The second-order valence-corrected chi connectivity index (χ2v) is 4.64. The van der Waals surface area contributed by atoms with Crippen molar-refractivity contribution in [3.8, 4) is 0 Å². The molecule has 1 aromatic rings. The molecule has 92 valence electrons. The van der Waals surface area contributed by atoms with Gasteiger partial charge in [0.2, 0.25) is 0 Å². The number of nitrogens with zero attached hydrogens (tertiary/aromatic N) is 3. The van der Waals surface area contributed by atoms with Crippen molar-refractivity contribution < 1.29 is 0 Å². The first-order valence-corrected chi connectivity index (χ1v) is 6.58. The Balaban J connectivity index is 0.000000606. The van der Waals surface area contributed by atoms with Gasteiger partial charge in [0.1, 0.15) is 0 Å². The minimum Gasteiger partial charge on any atom is -0.252 e. The van der Waals surface area contributed by atoms with Crippen molar-refractivity contribution in [2.45, 2.75) is 59.3 Å². The summed E-state index contributed by atoms with van der Waals surface area (Å²) in [6, 6.07) is 0. The monoisotopic (exact) mass is 223 g/mol. The molecule has 0 radical (unpaired) electrons. The highest BCUT2D eigenvalue weighted by Crippen LogP contribution is 2.33. The molecule has 0 aromatic carbocycles. The maximum absolute atomic E-state index is 4.33. The van der Waals surface area contributed by atoms with E-state index in [4.69, 9.17) is 0 Å². The number of aromatic nitrogens is 3. The van der Waals surface area contributed by atoms with E-state index < -0.39 is 0 Å². The molecule has 0 fully saturated rings. The summed E-state index contributed by atoms with van der Waals surface area (Å²) >= 11 is 0. The van der Waals surface area contributed by atoms with Crippen LogP contribution in [0.2, 0.25) is 0 Å². The molecular formula is C13H25N3. The Hall–Kier alpha value is -0.860. The van der Waals surface area contributed by atoms with Crippen molar-refractivity contribution in [3.63, 3.8) is 0 Å². The van der Waals surface area contributed by atoms with Gasteiger partial charge in [0.05, 0.1) is 11.4 Å². The third-order valence-corrected chi connectivity index (χ3v) is 3.31. The van der Waals surface area contributed by atoms with Crippen molar-refractivity contribution in [2.75, 3.05) is 0 Å². The summed E-state index contributed by atoms with van der Waals surface area (Å²) in [7, 11) is 2.01. The summed E-state index contributed by atoms with van der Waals surface area (Å²) in [5.74, 6) is 1.31. The molecule has 0 amide bonds. The Morgan fingerprint density at radius 1 is 1.25 bits per heavy atom. The van der Waals surface area contributed by atoms with Crippen LogP contribution in [-0.4, -0.2) is 15.0 Å². The van der Waals surface area contributed by atoms with Crippen LogP contribution in [-0.2, 0) is 13.5 Å². The van der Waals surface area contributed by atoms with Gasteiger partial charge in [0.25, 0.3) is 0 Å². The largest absolute Gasteiger partial charge is 0.252 e. The van der Waals surface area contributed by atoms with Gasteiger partial charge >= 0.3 is 0 Å². The molecule has 1 aliphatic carbocycles. The van der Waals surface area contributed by atoms with E-state index in [-0.39, 0.29) is 0 Å². The van der Waals surface area contributed by atoms with E-state index in [0.29, 0.717) is 11.8 Å². The predicted molar refractivity (Wildman–Crippen MR) is 67.5 cm³/mol. The standard InChI is InChI=1S/C11H19N3.C2H6/c1-8(2)9-6-4-5-7-10-11(9)12-13-14(10)3;1-2/h8-9H,4-7H2,1-3H3;1-2H3. The molecule has 0 spiro atoms. The van der Waals surface area contributed by atoms with Crippen LogP contribution in [0, 0.1) is 5.92 Å². The van der Waals surface area contributed by atoms with E-state index in [1.165, 1.54) is 30.7 Å². The summed E-state index contributed by atoms with van der Waals surface area (Å²) < 4.78 is 1.95. The van der Waals surface area contributed by atoms with E-state index in [1.807, 2.05) is 25.6 Å². The van der Waals surface area contributed by atoms with Crippen LogP contribution < -0.4 is 0 Å². The van der Waals surface area contributed by atoms with Crippen LogP contribution in [0.3, 0.4) is 0 Å². The lowest BCUT2D eigenvalue weighted by molar-refractivity contribution is 0.450. The van der Waals surface area contributed by atoms with Gasteiger partial charge in [-0.1, -0.05) is 39.3 Å². The molecule has 1 unspecified atom stereocenters. The number of hydrogen-bond donors (Lipinski definition) is 0. The Morgan fingerprint density at radius 3 is 2.56 bits per heavy atom. The average molecular weight is 223 g/mol. The molecule has 0 N–H and O–H groups in total. The molecule has 3 nitrogen and oxygen atoms in total. The second kappa shape index (κ2) is 6.02. The molecule has 1 heterocycles. The number of aryl methyl sites for hydroxylation is 1. The quantitative estimate of drug-likeness (QED) is 0.684. The second-order valence-electron chi connectivity index (χ2n) is 4.64.